The van der Waals surface area contributed by atoms with Gasteiger partial charge in [0, 0.05) is 41.8 Å². The molecule has 1 saturated heterocycles. The van der Waals surface area contributed by atoms with Crippen molar-refractivity contribution in [2.75, 3.05) is 37.2 Å². The SMILES string of the molecule is O=C1CN(CC[C@@H]2CSC(c3cc4cc(Cl)cc(NC5CCCC5)c4[nH]3)=N2)CCN1. The predicted molar refractivity (Wildman–Crippen MR) is 126 cm³/mol. The van der Waals surface area contributed by atoms with Gasteiger partial charge in [-0.1, -0.05) is 24.4 Å². The van der Waals surface area contributed by atoms with Crippen LogP contribution < -0.4 is 10.6 Å². The molecule has 2 aromatic rings. The van der Waals surface area contributed by atoms with Crippen LogP contribution in [0.2, 0.25) is 5.02 Å². The minimum absolute atomic E-state index is 0.130. The molecule has 1 aromatic carbocycles. The van der Waals surface area contributed by atoms with Gasteiger partial charge in [0.1, 0.15) is 5.04 Å². The van der Waals surface area contributed by atoms with E-state index >= 15 is 0 Å². The average Bonchev–Trinajstić information content (AvgIpc) is 3.47. The van der Waals surface area contributed by atoms with E-state index in [0.29, 0.717) is 18.6 Å². The van der Waals surface area contributed by atoms with E-state index in [1.165, 1.54) is 25.7 Å². The van der Waals surface area contributed by atoms with Crippen molar-refractivity contribution in [2.24, 2.45) is 4.99 Å². The number of H-pyrrole nitrogens is 1. The van der Waals surface area contributed by atoms with Crippen LogP contribution in [-0.4, -0.2) is 64.9 Å². The van der Waals surface area contributed by atoms with Crippen LogP contribution >= 0.6 is 23.4 Å². The molecule has 0 bridgehead atoms. The second-order valence-electron chi connectivity index (χ2n) is 8.54. The maximum atomic E-state index is 11.5. The Morgan fingerprint density at radius 3 is 2.97 bits per heavy atom. The van der Waals surface area contributed by atoms with Crippen molar-refractivity contribution in [3.05, 3.63) is 28.9 Å². The number of aromatic amines is 1. The number of carbonyl (C=O) groups is 1. The molecule has 2 fully saturated rings. The molecule has 3 aliphatic rings. The number of fused-ring (bicyclic) bond motifs is 1. The predicted octanol–water partition coefficient (Wildman–Crippen LogP) is 3.86. The number of thioether (sulfide) groups is 1. The molecule has 0 radical (unpaired) electrons. The highest BCUT2D eigenvalue weighted by molar-refractivity contribution is 8.14. The Morgan fingerprint density at radius 1 is 1.27 bits per heavy atom. The number of amides is 1. The van der Waals surface area contributed by atoms with Crippen molar-refractivity contribution in [3.63, 3.8) is 0 Å². The van der Waals surface area contributed by atoms with E-state index in [0.717, 1.165) is 64.2 Å². The molecule has 30 heavy (non-hydrogen) atoms. The lowest BCUT2D eigenvalue weighted by Gasteiger charge is -2.26. The summed E-state index contributed by atoms with van der Waals surface area (Å²) in [6.45, 7) is 3.12. The fourth-order valence-electron chi connectivity index (χ4n) is 4.65. The van der Waals surface area contributed by atoms with Crippen molar-refractivity contribution in [1.82, 2.24) is 15.2 Å². The number of hydrogen-bond acceptors (Lipinski definition) is 5. The molecule has 3 heterocycles. The van der Waals surface area contributed by atoms with Crippen LogP contribution in [-0.2, 0) is 4.79 Å². The van der Waals surface area contributed by atoms with E-state index in [1.54, 1.807) is 0 Å². The molecule has 6 nitrogen and oxygen atoms in total. The summed E-state index contributed by atoms with van der Waals surface area (Å²) in [5.74, 6) is 1.13. The zero-order chi connectivity index (χ0) is 20.5. The van der Waals surface area contributed by atoms with Crippen LogP contribution in [0.25, 0.3) is 10.9 Å². The second-order valence-corrected chi connectivity index (χ2v) is 9.99. The van der Waals surface area contributed by atoms with Gasteiger partial charge in [0.25, 0.3) is 0 Å². The van der Waals surface area contributed by atoms with Gasteiger partial charge in [0.2, 0.25) is 5.91 Å². The Hall–Kier alpha value is -1.70. The first-order valence-corrected chi connectivity index (χ1v) is 12.3. The third kappa shape index (κ3) is 4.48. The third-order valence-corrected chi connectivity index (χ3v) is 7.61. The fourth-order valence-corrected chi connectivity index (χ4v) is 5.96. The number of benzene rings is 1. The summed E-state index contributed by atoms with van der Waals surface area (Å²) in [5.41, 5.74) is 3.29. The maximum absolute atomic E-state index is 11.5. The van der Waals surface area contributed by atoms with Crippen LogP contribution in [0.3, 0.4) is 0 Å². The summed E-state index contributed by atoms with van der Waals surface area (Å²) in [6, 6.07) is 7.07. The standard InChI is InChI=1S/C22H28ClN5OS/c23-15-9-14-10-19(27-21(14)18(11-15)25-16-3-1-2-4-16)22-26-17(13-30-22)5-7-28-8-6-24-20(29)12-28/h9-11,16-17,25,27H,1-8,12-13H2,(H,24,29)/t17-/m1/s1. The number of aliphatic imine (C=N–C) groups is 1. The molecule has 1 atom stereocenters. The van der Waals surface area contributed by atoms with Crippen LogP contribution in [0, 0.1) is 0 Å². The van der Waals surface area contributed by atoms with E-state index in [9.17, 15) is 4.79 Å². The Labute approximate surface area is 186 Å². The highest BCUT2D eigenvalue weighted by Crippen LogP contribution is 2.33. The number of nitrogens with zero attached hydrogens (tertiary/aromatic N) is 2. The molecule has 8 heteroatoms. The van der Waals surface area contributed by atoms with E-state index < -0.39 is 0 Å². The van der Waals surface area contributed by atoms with E-state index in [-0.39, 0.29) is 5.91 Å². The third-order valence-electron chi connectivity index (χ3n) is 6.25. The summed E-state index contributed by atoms with van der Waals surface area (Å²) < 4.78 is 0. The quantitative estimate of drug-likeness (QED) is 0.631. The molecule has 1 saturated carbocycles. The number of carbonyl (C=O) groups excluding carboxylic acids is 1. The van der Waals surface area contributed by atoms with Crippen LogP contribution in [0.1, 0.15) is 37.8 Å². The lowest BCUT2D eigenvalue weighted by atomic mass is 10.2. The Bertz CT molecular complexity index is 968. The van der Waals surface area contributed by atoms with Crippen LogP contribution in [0.4, 0.5) is 5.69 Å². The number of nitrogens with one attached hydrogen (secondary N) is 3. The molecule has 2 aliphatic heterocycles. The number of piperazine rings is 1. The van der Waals surface area contributed by atoms with Gasteiger partial charge >= 0.3 is 0 Å². The minimum Gasteiger partial charge on any atom is -0.381 e. The van der Waals surface area contributed by atoms with E-state index in [4.69, 9.17) is 16.6 Å². The Kier molecular flexibility index (Phi) is 5.94. The second kappa shape index (κ2) is 8.81. The zero-order valence-electron chi connectivity index (χ0n) is 17.0. The molecule has 0 unspecified atom stereocenters. The van der Waals surface area contributed by atoms with Gasteiger partial charge in [-0.15, -0.1) is 11.8 Å². The summed E-state index contributed by atoms with van der Waals surface area (Å²) >= 11 is 8.22. The topological polar surface area (TPSA) is 72.5 Å². The molecule has 5 rings (SSSR count). The van der Waals surface area contributed by atoms with Gasteiger partial charge in [-0.25, -0.2) is 0 Å². The summed E-state index contributed by atoms with van der Waals surface area (Å²) in [6.07, 6.45) is 6.04. The van der Waals surface area contributed by atoms with Gasteiger partial charge in [-0.05, 0) is 37.5 Å². The normalized spacial score (nSPS) is 23.2. The van der Waals surface area contributed by atoms with Crippen molar-refractivity contribution >= 4 is 50.9 Å². The van der Waals surface area contributed by atoms with Gasteiger partial charge in [0.05, 0.1) is 29.5 Å². The smallest absolute Gasteiger partial charge is 0.234 e. The first-order valence-electron chi connectivity index (χ1n) is 10.9. The summed E-state index contributed by atoms with van der Waals surface area (Å²) in [5, 5.41) is 9.55. The van der Waals surface area contributed by atoms with Gasteiger partial charge in [-0.3, -0.25) is 14.7 Å². The highest BCUT2D eigenvalue weighted by atomic mass is 35.5. The largest absolute Gasteiger partial charge is 0.381 e. The minimum atomic E-state index is 0.130. The number of hydrogen-bond donors (Lipinski definition) is 3. The molecular formula is C22H28ClN5OS. The molecular weight excluding hydrogens is 418 g/mol. The van der Waals surface area contributed by atoms with Crippen molar-refractivity contribution < 1.29 is 4.79 Å². The van der Waals surface area contributed by atoms with Gasteiger partial charge in [-0.2, -0.15) is 0 Å². The van der Waals surface area contributed by atoms with Crippen molar-refractivity contribution in [2.45, 2.75) is 44.2 Å². The zero-order valence-corrected chi connectivity index (χ0v) is 18.6. The molecule has 1 aliphatic carbocycles. The van der Waals surface area contributed by atoms with E-state index in [1.807, 2.05) is 23.9 Å². The number of halogens is 1. The molecule has 1 aromatic heterocycles. The van der Waals surface area contributed by atoms with Gasteiger partial charge in [0.15, 0.2) is 0 Å². The average molecular weight is 446 g/mol. The van der Waals surface area contributed by atoms with Crippen LogP contribution in [0.5, 0.6) is 0 Å². The molecule has 1 amide bonds. The van der Waals surface area contributed by atoms with Gasteiger partial charge < -0.3 is 15.6 Å². The fraction of sp³-hybridized carbons (Fsp3) is 0.545. The maximum Gasteiger partial charge on any atom is 0.234 e. The summed E-state index contributed by atoms with van der Waals surface area (Å²) in [7, 11) is 0. The Balaban J connectivity index is 1.29. The number of anilines is 1. The monoisotopic (exact) mass is 445 g/mol. The first kappa shape index (κ1) is 20.2. The number of aromatic nitrogens is 1. The lowest BCUT2D eigenvalue weighted by Crippen LogP contribution is -2.48. The van der Waals surface area contributed by atoms with Crippen molar-refractivity contribution in [3.8, 4) is 0 Å². The summed E-state index contributed by atoms with van der Waals surface area (Å²) in [4.78, 5) is 22.4. The van der Waals surface area contributed by atoms with E-state index in [2.05, 4.69) is 26.6 Å². The molecule has 3 N–H and O–H groups in total. The molecule has 160 valence electrons. The first-order chi connectivity index (χ1) is 14.6. The highest BCUT2D eigenvalue weighted by Gasteiger charge is 2.24. The van der Waals surface area contributed by atoms with Crippen molar-refractivity contribution in [1.29, 1.82) is 0 Å². The van der Waals surface area contributed by atoms with Crippen LogP contribution in [0.15, 0.2) is 23.2 Å². The Morgan fingerprint density at radius 2 is 2.13 bits per heavy atom. The number of rotatable bonds is 6. The molecule has 0 spiro atoms. The lowest BCUT2D eigenvalue weighted by molar-refractivity contribution is -0.124.